The van der Waals surface area contributed by atoms with Crippen molar-refractivity contribution in [2.45, 2.75) is 39.2 Å². The standard InChI is InChI=1S/C25H26F2N4/c1-3-14-31(4-2)25-28-15-19(16-29-25)17-8-10-18(11-9-17)22-12-13-23(30-22)24-20(26)6-5-7-21(24)27/h5-11,15-16,22H,3-4,12-14H2,1-2H3/t22-/m1/s1. The van der Waals surface area contributed by atoms with Gasteiger partial charge in [-0.3, -0.25) is 4.99 Å². The Bertz CT molecular complexity index is 1040. The molecule has 1 atom stereocenters. The molecule has 2 heterocycles. The van der Waals surface area contributed by atoms with E-state index in [0.29, 0.717) is 12.1 Å². The molecule has 0 unspecified atom stereocenters. The van der Waals surface area contributed by atoms with Gasteiger partial charge in [-0.2, -0.15) is 0 Å². The third kappa shape index (κ3) is 4.48. The summed E-state index contributed by atoms with van der Waals surface area (Å²) in [5.41, 5.74) is 3.51. The third-order valence-electron chi connectivity index (χ3n) is 5.64. The SMILES string of the molecule is CCCN(CC)c1ncc(-c2ccc([C@H]3CCC(c4c(F)cccc4F)=N3)cc2)cn1. The van der Waals surface area contributed by atoms with E-state index in [4.69, 9.17) is 0 Å². The molecule has 160 valence electrons. The lowest BCUT2D eigenvalue weighted by Crippen LogP contribution is -2.25. The number of hydrogen-bond acceptors (Lipinski definition) is 4. The van der Waals surface area contributed by atoms with Crippen LogP contribution in [0.25, 0.3) is 11.1 Å². The van der Waals surface area contributed by atoms with Crippen LogP contribution in [0.4, 0.5) is 14.7 Å². The quantitative estimate of drug-likeness (QED) is 0.472. The zero-order valence-corrected chi connectivity index (χ0v) is 17.9. The second kappa shape index (κ2) is 9.33. The van der Waals surface area contributed by atoms with Gasteiger partial charge in [-0.25, -0.2) is 18.7 Å². The molecule has 31 heavy (non-hydrogen) atoms. The number of aliphatic imine (C=N–C) groups is 1. The van der Waals surface area contributed by atoms with Crippen LogP contribution >= 0.6 is 0 Å². The average Bonchev–Trinajstić information content (AvgIpc) is 3.27. The number of halogens is 2. The van der Waals surface area contributed by atoms with Crippen molar-refractivity contribution in [3.8, 4) is 11.1 Å². The maximum atomic E-state index is 14.1. The summed E-state index contributed by atoms with van der Waals surface area (Å²) in [6.07, 6.45) is 6.05. The number of hydrogen-bond donors (Lipinski definition) is 0. The Morgan fingerprint density at radius 2 is 1.61 bits per heavy atom. The van der Waals surface area contributed by atoms with Gasteiger partial charge >= 0.3 is 0 Å². The first-order valence-corrected chi connectivity index (χ1v) is 10.8. The molecule has 1 aliphatic heterocycles. The van der Waals surface area contributed by atoms with E-state index in [1.165, 1.54) is 18.2 Å². The Labute approximate surface area is 181 Å². The Morgan fingerprint density at radius 3 is 2.23 bits per heavy atom. The molecule has 0 saturated carbocycles. The molecular formula is C25H26F2N4. The summed E-state index contributed by atoms with van der Waals surface area (Å²) < 4.78 is 28.2. The molecule has 2 aromatic carbocycles. The highest BCUT2D eigenvalue weighted by Crippen LogP contribution is 2.33. The summed E-state index contributed by atoms with van der Waals surface area (Å²) >= 11 is 0. The van der Waals surface area contributed by atoms with Gasteiger partial charge in [0.05, 0.1) is 11.6 Å². The monoisotopic (exact) mass is 420 g/mol. The predicted molar refractivity (Wildman–Crippen MR) is 121 cm³/mol. The average molecular weight is 421 g/mol. The molecule has 1 aliphatic rings. The second-order valence-electron chi connectivity index (χ2n) is 7.70. The number of aromatic nitrogens is 2. The van der Waals surface area contributed by atoms with Crippen molar-refractivity contribution in [1.82, 2.24) is 9.97 Å². The topological polar surface area (TPSA) is 41.4 Å². The van der Waals surface area contributed by atoms with Gasteiger partial charge in [-0.15, -0.1) is 0 Å². The minimum atomic E-state index is -0.557. The third-order valence-corrected chi connectivity index (χ3v) is 5.64. The van der Waals surface area contributed by atoms with E-state index in [0.717, 1.165) is 48.6 Å². The van der Waals surface area contributed by atoms with Crippen molar-refractivity contribution in [3.05, 3.63) is 77.6 Å². The number of rotatable bonds is 7. The van der Waals surface area contributed by atoms with Crippen LogP contribution in [0.15, 0.2) is 59.9 Å². The molecule has 0 saturated heterocycles. The highest BCUT2D eigenvalue weighted by Gasteiger charge is 2.24. The van der Waals surface area contributed by atoms with E-state index in [2.05, 4.69) is 33.7 Å². The van der Waals surface area contributed by atoms with Crippen LogP contribution < -0.4 is 4.90 Å². The van der Waals surface area contributed by atoms with Crippen molar-refractivity contribution >= 4 is 11.7 Å². The summed E-state index contributed by atoms with van der Waals surface area (Å²) in [6.45, 7) is 6.06. The van der Waals surface area contributed by atoms with Crippen molar-refractivity contribution in [1.29, 1.82) is 0 Å². The fourth-order valence-corrected chi connectivity index (χ4v) is 4.00. The largest absolute Gasteiger partial charge is 0.341 e. The van der Waals surface area contributed by atoms with E-state index in [-0.39, 0.29) is 11.6 Å². The summed E-state index contributed by atoms with van der Waals surface area (Å²) in [7, 11) is 0. The first-order valence-electron chi connectivity index (χ1n) is 10.8. The molecule has 0 N–H and O–H groups in total. The van der Waals surface area contributed by atoms with E-state index < -0.39 is 11.6 Å². The molecule has 0 spiro atoms. The highest BCUT2D eigenvalue weighted by atomic mass is 19.1. The Balaban J connectivity index is 1.51. The molecule has 0 fully saturated rings. The van der Waals surface area contributed by atoms with Gasteiger partial charge in [-0.1, -0.05) is 37.3 Å². The molecule has 4 rings (SSSR count). The van der Waals surface area contributed by atoms with Crippen LogP contribution in [0.5, 0.6) is 0 Å². The number of benzene rings is 2. The molecule has 0 bridgehead atoms. The smallest absolute Gasteiger partial charge is 0.225 e. The Morgan fingerprint density at radius 1 is 0.935 bits per heavy atom. The maximum absolute atomic E-state index is 14.1. The van der Waals surface area contributed by atoms with Gasteiger partial charge in [-0.05, 0) is 49.4 Å². The second-order valence-corrected chi connectivity index (χ2v) is 7.70. The molecule has 1 aromatic heterocycles. The van der Waals surface area contributed by atoms with Crippen molar-refractivity contribution in [2.75, 3.05) is 18.0 Å². The molecule has 0 radical (unpaired) electrons. The van der Waals surface area contributed by atoms with Crippen molar-refractivity contribution in [3.63, 3.8) is 0 Å². The molecular weight excluding hydrogens is 394 g/mol. The first kappa shape index (κ1) is 21.1. The van der Waals surface area contributed by atoms with Gasteiger partial charge in [0.1, 0.15) is 11.6 Å². The summed E-state index contributed by atoms with van der Waals surface area (Å²) in [5, 5.41) is 0. The number of nitrogens with zero attached hydrogens (tertiary/aromatic N) is 4. The van der Waals surface area contributed by atoms with Crippen LogP contribution in [-0.2, 0) is 0 Å². The fourth-order valence-electron chi connectivity index (χ4n) is 4.00. The lowest BCUT2D eigenvalue weighted by atomic mass is 10.0. The number of anilines is 1. The predicted octanol–water partition coefficient (Wildman–Crippen LogP) is 5.98. The normalized spacial score (nSPS) is 15.7. The van der Waals surface area contributed by atoms with Crippen molar-refractivity contribution in [2.24, 2.45) is 4.99 Å². The van der Waals surface area contributed by atoms with Gasteiger partial charge in [0.25, 0.3) is 0 Å². The zero-order chi connectivity index (χ0) is 21.8. The maximum Gasteiger partial charge on any atom is 0.225 e. The van der Waals surface area contributed by atoms with Gasteiger partial charge in [0.15, 0.2) is 0 Å². The zero-order valence-electron chi connectivity index (χ0n) is 17.9. The molecule has 4 nitrogen and oxygen atoms in total. The van der Waals surface area contributed by atoms with Crippen LogP contribution in [0, 0.1) is 11.6 Å². The Hall–Kier alpha value is -3.15. The molecule has 3 aromatic rings. The van der Waals surface area contributed by atoms with E-state index in [1.807, 2.05) is 36.7 Å². The van der Waals surface area contributed by atoms with E-state index in [1.54, 1.807) is 0 Å². The Kier molecular flexibility index (Phi) is 6.35. The first-order chi connectivity index (χ1) is 15.1. The van der Waals surface area contributed by atoms with Gasteiger partial charge in [0.2, 0.25) is 5.95 Å². The van der Waals surface area contributed by atoms with Crippen molar-refractivity contribution < 1.29 is 8.78 Å². The fraction of sp³-hybridized carbons (Fsp3) is 0.320. The van der Waals surface area contributed by atoms with Gasteiger partial charge < -0.3 is 4.90 Å². The van der Waals surface area contributed by atoms with Crippen LogP contribution in [0.1, 0.15) is 50.3 Å². The van der Waals surface area contributed by atoms with Crippen LogP contribution in [0.2, 0.25) is 0 Å². The lowest BCUT2D eigenvalue weighted by Gasteiger charge is -2.19. The molecule has 6 heteroatoms. The van der Waals surface area contributed by atoms with E-state index >= 15 is 0 Å². The summed E-state index contributed by atoms with van der Waals surface area (Å²) in [5.74, 6) is -0.365. The minimum Gasteiger partial charge on any atom is -0.341 e. The highest BCUT2D eigenvalue weighted by molar-refractivity contribution is 6.02. The molecule has 0 aliphatic carbocycles. The lowest BCUT2D eigenvalue weighted by molar-refractivity contribution is 0.578. The van der Waals surface area contributed by atoms with Gasteiger partial charge in [0, 0.05) is 36.8 Å². The minimum absolute atomic E-state index is 0.00283. The molecule has 0 amide bonds. The van der Waals surface area contributed by atoms with E-state index in [9.17, 15) is 8.78 Å². The summed E-state index contributed by atoms with van der Waals surface area (Å²) in [4.78, 5) is 15.8. The van der Waals surface area contributed by atoms with Crippen LogP contribution in [0.3, 0.4) is 0 Å². The van der Waals surface area contributed by atoms with Crippen LogP contribution in [-0.4, -0.2) is 28.8 Å². The summed E-state index contributed by atoms with van der Waals surface area (Å²) in [6, 6.07) is 11.9.